The molecule has 0 aliphatic carbocycles. The molecule has 1 heterocycles. The van der Waals surface area contributed by atoms with Crippen molar-refractivity contribution >= 4 is 0 Å². The molecule has 1 saturated heterocycles. The lowest BCUT2D eigenvalue weighted by atomic mass is 9.94. The number of aliphatic hydroxyl groups excluding tert-OH is 1. The van der Waals surface area contributed by atoms with Gasteiger partial charge in [0.15, 0.2) is 0 Å². The number of aliphatic hydroxyl groups is 1. The van der Waals surface area contributed by atoms with E-state index in [2.05, 4.69) is 19.2 Å². The van der Waals surface area contributed by atoms with E-state index in [0.717, 1.165) is 13.0 Å². The van der Waals surface area contributed by atoms with Crippen molar-refractivity contribution in [1.82, 2.24) is 5.32 Å². The molecule has 1 rings (SSSR count). The average Bonchev–Trinajstić information content (AvgIpc) is 1.80. The van der Waals surface area contributed by atoms with Crippen LogP contribution in [0.15, 0.2) is 0 Å². The summed E-state index contributed by atoms with van der Waals surface area (Å²) in [5.74, 6) is 0.432. The molecule has 54 valence electrons. The van der Waals surface area contributed by atoms with Gasteiger partial charge in [0.05, 0.1) is 6.10 Å². The number of hydrogen-bond donors (Lipinski definition) is 2. The maximum atomic E-state index is 9.31. The Balaban J connectivity index is 2.35. The molecule has 2 nitrogen and oxygen atoms in total. The maximum Gasteiger partial charge on any atom is 0.0592 e. The van der Waals surface area contributed by atoms with Crippen molar-refractivity contribution < 1.29 is 5.11 Å². The molecule has 9 heavy (non-hydrogen) atoms. The van der Waals surface area contributed by atoms with Crippen molar-refractivity contribution in [3.05, 3.63) is 0 Å². The molecule has 0 spiro atoms. The van der Waals surface area contributed by atoms with E-state index in [1.54, 1.807) is 0 Å². The third kappa shape index (κ3) is 1.66. The molecule has 0 aromatic carbocycles. The molecule has 1 unspecified atom stereocenters. The van der Waals surface area contributed by atoms with Crippen LogP contribution < -0.4 is 5.32 Å². The van der Waals surface area contributed by atoms with Crippen molar-refractivity contribution in [2.45, 2.75) is 32.4 Å². The molecule has 3 atom stereocenters. The van der Waals surface area contributed by atoms with Crippen LogP contribution in [0.25, 0.3) is 0 Å². The van der Waals surface area contributed by atoms with Crippen LogP contribution in [0, 0.1) is 5.92 Å². The number of nitrogens with one attached hydrogen (secondary N) is 1. The lowest BCUT2D eigenvalue weighted by Gasteiger charge is -2.29. The first-order valence-electron chi connectivity index (χ1n) is 3.61. The Labute approximate surface area is 56.3 Å². The van der Waals surface area contributed by atoms with Crippen molar-refractivity contribution in [1.29, 1.82) is 0 Å². The molecule has 0 radical (unpaired) electrons. The second kappa shape index (κ2) is 2.67. The molecule has 0 aromatic rings. The summed E-state index contributed by atoms with van der Waals surface area (Å²) in [7, 11) is 0. The van der Waals surface area contributed by atoms with Crippen molar-refractivity contribution in [3.63, 3.8) is 0 Å². The minimum absolute atomic E-state index is 0.0822. The van der Waals surface area contributed by atoms with E-state index < -0.39 is 0 Å². The second-order valence-electron chi connectivity index (χ2n) is 3.09. The van der Waals surface area contributed by atoms with Crippen LogP contribution in [0.4, 0.5) is 0 Å². The third-order valence-electron chi connectivity index (χ3n) is 2.04. The Kier molecular flexibility index (Phi) is 2.09. The first-order chi connectivity index (χ1) is 4.20. The molecule has 0 bridgehead atoms. The smallest absolute Gasteiger partial charge is 0.0592 e. The molecular formula is C7H15NO. The Morgan fingerprint density at radius 3 is 2.56 bits per heavy atom. The number of hydrogen-bond acceptors (Lipinski definition) is 2. The first-order valence-corrected chi connectivity index (χ1v) is 3.61. The van der Waals surface area contributed by atoms with Gasteiger partial charge in [0, 0.05) is 12.6 Å². The summed E-state index contributed by atoms with van der Waals surface area (Å²) in [6.07, 6.45) is 0.822. The highest BCUT2D eigenvalue weighted by atomic mass is 16.3. The van der Waals surface area contributed by atoms with Gasteiger partial charge in [-0.1, -0.05) is 6.92 Å². The van der Waals surface area contributed by atoms with Gasteiger partial charge >= 0.3 is 0 Å². The highest BCUT2D eigenvalue weighted by Gasteiger charge is 2.22. The monoisotopic (exact) mass is 129 g/mol. The van der Waals surface area contributed by atoms with E-state index in [0.29, 0.717) is 12.0 Å². The molecule has 0 aromatic heterocycles. The zero-order valence-corrected chi connectivity index (χ0v) is 6.09. The molecule has 2 N–H and O–H groups in total. The minimum Gasteiger partial charge on any atom is -0.393 e. The highest BCUT2D eigenvalue weighted by Crippen LogP contribution is 2.13. The van der Waals surface area contributed by atoms with Gasteiger partial charge in [0.25, 0.3) is 0 Å². The lowest BCUT2D eigenvalue weighted by molar-refractivity contribution is 0.0725. The molecule has 1 aliphatic heterocycles. The minimum atomic E-state index is -0.0822. The Hall–Kier alpha value is -0.0800. The van der Waals surface area contributed by atoms with Gasteiger partial charge in [-0.2, -0.15) is 0 Å². The fourth-order valence-electron chi connectivity index (χ4n) is 1.20. The van der Waals surface area contributed by atoms with Crippen molar-refractivity contribution in [2.24, 2.45) is 5.92 Å². The fourth-order valence-corrected chi connectivity index (χ4v) is 1.20. The number of rotatable bonds is 0. The van der Waals surface area contributed by atoms with Crippen molar-refractivity contribution in [3.8, 4) is 0 Å². The molecule has 1 fully saturated rings. The SMILES string of the molecule is C[C@H]1CC(O)[C@@H](C)CN1. The van der Waals surface area contributed by atoms with Gasteiger partial charge in [-0.3, -0.25) is 0 Å². The maximum absolute atomic E-state index is 9.31. The summed E-state index contributed by atoms with van der Waals surface area (Å²) >= 11 is 0. The molecule has 1 aliphatic rings. The quantitative estimate of drug-likeness (QED) is 0.495. The van der Waals surface area contributed by atoms with E-state index in [4.69, 9.17) is 0 Å². The van der Waals surface area contributed by atoms with Gasteiger partial charge in [0.1, 0.15) is 0 Å². The van der Waals surface area contributed by atoms with Crippen LogP contribution in [-0.4, -0.2) is 23.8 Å². The summed E-state index contributed by atoms with van der Waals surface area (Å²) < 4.78 is 0. The largest absolute Gasteiger partial charge is 0.393 e. The normalized spacial score (nSPS) is 45.0. The lowest BCUT2D eigenvalue weighted by Crippen LogP contribution is -2.43. The molecule has 2 heteroatoms. The summed E-state index contributed by atoms with van der Waals surface area (Å²) in [6, 6.07) is 0.496. The fraction of sp³-hybridized carbons (Fsp3) is 1.00. The van der Waals surface area contributed by atoms with Crippen LogP contribution in [0.3, 0.4) is 0 Å². The predicted molar refractivity (Wildman–Crippen MR) is 37.3 cm³/mol. The van der Waals surface area contributed by atoms with E-state index in [1.165, 1.54) is 0 Å². The molecule has 0 amide bonds. The molecule has 0 saturated carbocycles. The van der Waals surface area contributed by atoms with Gasteiger partial charge in [0.2, 0.25) is 0 Å². The van der Waals surface area contributed by atoms with Gasteiger partial charge in [-0.15, -0.1) is 0 Å². The predicted octanol–water partition coefficient (Wildman–Crippen LogP) is 0.365. The van der Waals surface area contributed by atoms with Gasteiger partial charge < -0.3 is 10.4 Å². The van der Waals surface area contributed by atoms with E-state index >= 15 is 0 Å². The van der Waals surface area contributed by atoms with Crippen LogP contribution in [0.5, 0.6) is 0 Å². The summed E-state index contributed by atoms with van der Waals surface area (Å²) in [6.45, 7) is 5.14. The van der Waals surface area contributed by atoms with Crippen LogP contribution in [0.2, 0.25) is 0 Å². The van der Waals surface area contributed by atoms with Crippen molar-refractivity contribution in [2.75, 3.05) is 6.54 Å². The Morgan fingerprint density at radius 1 is 1.44 bits per heavy atom. The van der Waals surface area contributed by atoms with Gasteiger partial charge in [-0.05, 0) is 19.3 Å². The van der Waals surface area contributed by atoms with Gasteiger partial charge in [-0.25, -0.2) is 0 Å². The standard InChI is InChI=1S/C7H15NO/c1-5-4-8-6(2)3-7(5)9/h5-9H,3-4H2,1-2H3/t5-,6-,7?/m0/s1. The topological polar surface area (TPSA) is 32.3 Å². The second-order valence-corrected chi connectivity index (χ2v) is 3.09. The summed E-state index contributed by atoms with van der Waals surface area (Å²) in [4.78, 5) is 0. The number of piperidine rings is 1. The van der Waals surface area contributed by atoms with Crippen LogP contribution in [0.1, 0.15) is 20.3 Å². The van der Waals surface area contributed by atoms with Crippen LogP contribution in [-0.2, 0) is 0 Å². The first kappa shape index (κ1) is 7.03. The Morgan fingerprint density at radius 2 is 2.11 bits per heavy atom. The van der Waals surface area contributed by atoms with E-state index in [9.17, 15) is 5.11 Å². The average molecular weight is 129 g/mol. The Bertz CT molecular complexity index is 94.9. The van der Waals surface area contributed by atoms with E-state index in [-0.39, 0.29) is 6.10 Å². The zero-order valence-electron chi connectivity index (χ0n) is 6.09. The zero-order chi connectivity index (χ0) is 6.85. The van der Waals surface area contributed by atoms with Crippen LogP contribution >= 0.6 is 0 Å². The summed E-state index contributed by atoms with van der Waals surface area (Å²) in [5.41, 5.74) is 0. The summed E-state index contributed by atoms with van der Waals surface area (Å²) in [5, 5.41) is 12.6. The molecular weight excluding hydrogens is 114 g/mol. The highest BCUT2D eigenvalue weighted by molar-refractivity contribution is 4.78. The third-order valence-corrected chi connectivity index (χ3v) is 2.04. The van der Waals surface area contributed by atoms with E-state index in [1.807, 2.05) is 0 Å².